The van der Waals surface area contributed by atoms with Crippen LogP contribution in [-0.4, -0.2) is 39.1 Å². The monoisotopic (exact) mass is 465 g/mol. The number of anilines is 1. The van der Waals surface area contributed by atoms with Crippen molar-refractivity contribution in [2.45, 2.75) is 57.6 Å². The first-order valence-corrected chi connectivity index (χ1v) is 12.4. The van der Waals surface area contributed by atoms with Gasteiger partial charge in [0.15, 0.2) is 11.0 Å². The van der Waals surface area contributed by atoms with Gasteiger partial charge in [-0.15, -0.1) is 10.2 Å². The Labute approximate surface area is 199 Å². The summed E-state index contributed by atoms with van der Waals surface area (Å²) in [4.78, 5) is 12.4. The molecule has 3 aromatic rings. The highest BCUT2D eigenvalue weighted by atomic mass is 32.2. The van der Waals surface area contributed by atoms with Crippen LogP contribution >= 0.6 is 11.8 Å². The van der Waals surface area contributed by atoms with Gasteiger partial charge >= 0.3 is 0 Å². The van der Waals surface area contributed by atoms with E-state index < -0.39 is 0 Å². The molecular formula is C25H31N5O2S. The van der Waals surface area contributed by atoms with Gasteiger partial charge in [-0.2, -0.15) is 0 Å². The minimum Gasteiger partial charge on any atom is -0.378 e. The Morgan fingerprint density at radius 3 is 2.76 bits per heavy atom. The SMILES string of the molecule is Cc1ccc(NCc2nnc(SCC(=O)NCc3ccccc3)n2CC2CCCO2)c(C)c1. The zero-order chi connectivity index (χ0) is 23.0. The van der Waals surface area contributed by atoms with Crippen molar-refractivity contribution < 1.29 is 9.53 Å². The fraction of sp³-hybridized carbons (Fsp3) is 0.400. The van der Waals surface area contributed by atoms with Crippen LogP contribution in [0.1, 0.15) is 35.4 Å². The Bertz CT molecular complexity index is 1060. The van der Waals surface area contributed by atoms with Crippen LogP contribution in [0, 0.1) is 13.8 Å². The van der Waals surface area contributed by atoms with Crippen molar-refractivity contribution in [2.24, 2.45) is 0 Å². The summed E-state index contributed by atoms with van der Waals surface area (Å²) in [7, 11) is 0. The topological polar surface area (TPSA) is 81.1 Å². The number of aryl methyl sites for hydroxylation is 2. The van der Waals surface area contributed by atoms with E-state index in [-0.39, 0.29) is 12.0 Å². The zero-order valence-corrected chi connectivity index (χ0v) is 20.0. The molecule has 8 heteroatoms. The van der Waals surface area contributed by atoms with Crippen LogP contribution in [0.5, 0.6) is 0 Å². The number of aromatic nitrogens is 3. The molecule has 0 radical (unpaired) electrons. The van der Waals surface area contributed by atoms with Crippen molar-refractivity contribution >= 4 is 23.4 Å². The van der Waals surface area contributed by atoms with Crippen LogP contribution in [0.2, 0.25) is 0 Å². The molecule has 33 heavy (non-hydrogen) atoms. The molecule has 1 saturated heterocycles. The Kier molecular flexibility index (Phi) is 8.01. The number of hydrogen-bond donors (Lipinski definition) is 2. The van der Waals surface area contributed by atoms with Crippen molar-refractivity contribution in [1.29, 1.82) is 0 Å². The zero-order valence-electron chi connectivity index (χ0n) is 19.2. The molecule has 2 aromatic carbocycles. The fourth-order valence-electron chi connectivity index (χ4n) is 3.90. The second-order valence-electron chi connectivity index (χ2n) is 8.37. The Balaban J connectivity index is 1.39. The van der Waals surface area contributed by atoms with Crippen LogP contribution in [0.4, 0.5) is 5.69 Å². The summed E-state index contributed by atoms with van der Waals surface area (Å²) in [6, 6.07) is 16.3. The molecule has 1 unspecified atom stereocenters. The van der Waals surface area contributed by atoms with Crippen LogP contribution in [-0.2, 0) is 29.2 Å². The van der Waals surface area contributed by atoms with Crippen LogP contribution < -0.4 is 10.6 Å². The lowest BCUT2D eigenvalue weighted by Gasteiger charge is -2.16. The van der Waals surface area contributed by atoms with Gasteiger partial charge in [0.1, 0.15) is 0 Å². The van der Waals surface area contributed by atoms with E-state index in [0.717, 1.165) is 41.7 Å². The first-order chi connectivity index (χ1) is 16.1. The highest BCUT2D eigenvalue weighted by Crippen LogP contribution is 2.23. The normalized spacial score (nSPS) is 15.5. The van der Waals surface area contributed by atoms with Gasteiger partial charge in [-0.05, 0) is 43.9 Å². The number of nitrogens with zero attached hydrogens (tertiary/aromatic N) is 3. The first kappa shape index (κ1) is 23.3. The summed E-state index contributed by atoms with van der Waals surface area (Å²) in [6.45, 7) is 6.77. The van der Waals surface area contributed by atoms with E-state index >= 15 is 0 Å². The number of rotatable bonds is 10. The molecule has 2 N–H and O–H groups in total. The van der Waals surface area contributed by atoms with Gasteiger partial charge in [-0.25, -0.2) is 0 Å². The molecule has 0 aliphatic carbocycles. The largest absolute Gasteiger partial charge is 0.378 e. The molecule has 1 amide bonds. The number of amides is 1. The predicted molar refractivity (Wildman–Crippen MR) is 131 cm³/mol. The van der Waals surface area contributed by atoms with E-state index in [1.54, 1.807) is 0 Å². The number of thioether (sulfide) groups is 1. The van der Waals surface area contributed by atoms with Crippen LogP contribution in [0.3, 0.4) is 0 Å². The predicted octanol–water partition coefficient (Wildman–Crippen LogP) is 4.09. The molecule has 2 heterocycles. The molecule has 7 nitrogen and oxygen atoms in total. The number of benzene rings is 2. The third-order valence-corrected chi connectivity index (χ3v) is 6.65. The van der Waals surface area contributed by atoms with E-state index in [2.05, 4.69) is 57.4 Å². The smallest absolute Gasteiger partial charge is 0.230 e. The summed E-state index contributed by atoms with van der Waals surface area (Å²) >= 11 is 1.42. The molecule has 1 atom stereocenters. The Hall–Kier alpha value is -2.84. The molecule has 0 spiro atoms. The lowest BCUT2D eigenvalue weighted by atomic mass is 10.1. The van der Waals surface area contributed by atoms with Crippen molar-refractivity contribution in [3.05, 3.63) is 71.0 Å². The van der Waals surface area contributed by atoms with Gasteiger partial charge < -0.3 is 19.9 Å². The highest BCUT2D eigenvalue weighted by molar-refractivity contribution is 7.99. The third kappa shape index (κ3) is 6.58. The quantitative estimate of drug-likeness (QED) is 0.439. The average Bonchev–Trinajstić information content (AvgIpc) is 3.47. The minimum atomic E-state index is -0.0227. The average molecular weight is 466 g/mol. The van der Waals surface area contributed by atoms with Gasteiger partial charge in [0.2, 0.25) is 5.91 Å². The van der Waals surface area contributed by atoms with Crippen molar-refractivity contribution in [2.75, 3.05) is 17.7 Å². The van der Waals surface area contributed by atoms with E-state index in [9.17, 15) is 4.79 Å². The van der Waals surface area contributed by atoms with E-state index in [0.29, 0.717) is 25.4 Å². The number of carbonyl (C=O) groups is 1. The Morgan fingerprint density at radius 1 is 1.15 bits per heavy atom. The maximum Gasteiger partial charge on any atom is 0.230 e. The van der Waals surface area contributed by atoms with E-state index in [1.165, 1.54) is 22.9 Å². The van der Waals surface area contributed by atoms with Gasteiger partial charge in [0, 0.05) is 18.8 Å². The number of ether oxygens (including phenoxy) is 1. The number of hydrogen-bond acceptors (Lipinski definition) is 6. The maximum atomic E-state index is 12.4. The number of carbonyl (C=O) groups excluding carboxylic acids is 1. The molecule has 1 aromatic heterocycles. The molecule has 1 fully saturated rings. The summed E-state index contributed by atoms with van der Waals surface area (Å²) in [6.07, 6.45) is 2.27. The van der Waals surface area contributed by atoms with Crippen LogP contribution in [0.25, 0.3) is 0 Å². The van der Waals surface area contributed by atoms with Crippen molar-refractivity contribution in [3.63, 3.8) is 0 Å². The fourth-order valence-corrected chi connectivity index (χ4v) is 4.69. The van der Waals surface area contributed by atoms with Crippen LogP contribution in [0.15, 0.2) is 53.7 Å². The van der Waals surface area contributed by atoms with E-state index in [4.69, 9.17) is 4.74 Å². The molecule has 1 aliphatic heterocycles. The Morgan fingerprint density at radius 2 is 2.00 bits per heavy atom. The number of nitrogens with one attached hydrogen (secondary N) is 2. The molecule has 174 valence electrons. The van der Waals surface area contributed by atoms with Gasteiger partial charge in [-0.3, -0.25) is 4.79 Å². The van der Waals surface area contributed by atoms with Gasteiger partial charge in [0.05, 0.1) is 24.9 Å². The van der Waals surface area contributed by atoms with Gasteiger partial charge in [0.25, 0.3) is 0 Å². The summed E-state index contributed by atoms with van der Waals surface area (Å²) in [5, 5.41) is 16.0. The minimum absolute atomic E-state index is 0.0227. The highest BCUT2D eigenvalue weighted by Gasteiger charge is 2.21. The molecule has 0 saturated carbocycles. The summed E-state index contributed by atoms with van der Waals surface area (Å²) in [5.74, 6) is 1.12. The third-order valence-electron chi connectivity index (χ3n) is 5.69. The van der Waals surface area contributed by atoms with Crippen molar-refractivity contribution in [1.82, 2.24) is 20.1 Å². The second-order valence-corrected chi connectivity index (χ2v) is 9.31. The first-order valence-electron chi connectivity index (χ1n) is 11.4. The van der Waals surface area contributed by atoms with Gasteiger partial charge in [-0.1, -0.05) is 59.8 Å². The lowest BCUT2D eigenvalue weighted by Crippen LogP contribution is -2.25. The second kappa shape index (κ2) is 11.3. The molecular weight excluding hydrogens is 434 g/mol. The van der Waals surface area contributed by atoms with E-state index in [1.807, 2.05) is 30.3 Å². The molecule has 4 rings (SSSR count). The van der Waals surface area contributed by atoms with Crippen molar-refractivity contribution in [3.8, 4) is 0 Å². The standard InChI is InChI=1S/C25H31N5O2S/c1-18-10-11-22(19(2)13-18)26-15-23-28-29-25(30(23)16-21-9-6-12-32-21)33-17-24(31)27-14-20-7-4-3-5-8-20/h3-5,7-8,10-11,13,21,26H,6,9,12,14-17H2,1-2H3,(H,27,31). The lowest BCUT2D eigenvalue weighted by molar-refractivity contribution is -0.118. The maximum absolute atomic E-state index is 12.4. The molecule has 0 bridgehead atoms. The molecule has 1 aliphatic rings. The summed E-state index contributed by atoms with van der Waals surface area (Å²) in [5.41, 5.74) is 4.60. The summed E-state index contributed by atoms with van der Waals surface area (Å²) < 4.78 is 7.96.